The van der Waals surface area contributed by atoms with Gasteiger partial charge in [-0.3, -0.25) is 14.4 Å². The predicted octanol–water partition coefficient (Wildman–Crippen LogP) is 3.03. The van der Waals surface area contributed by atoms with Crippen LogP contribution in [0, 0.1) is 5.92 Å². The van der Waals surface area contributed by atoms with Crippen molar-refractivity contribution in [2.45, 2.75) is 65.5 Å². The molecule has 0 unspecified atom stereocenters. The zero-order valence-corrected chi connectivity index (χ0v) is 20.8. The van der Waals surface area contributed by atoms with Crippen molar-refractivity contribution in [3.63, 3.8) is 0 Å². The minimum absolute atomic E-state index is 0.119. The molecule has 0 bridgehead atoms. The number of carbonyl (C=O) groups excluding carboxylic acids is 3. The number of aryl methyl sites for hydroxylation is 1. The summed E-state index contributed by atoms with van der Waals surface area (Å²) < 4.78 is 1.65. The van der Waals surface area contributed by atoms with E-state index in [-0.39, 0.29) is 35.7 Å². The van der Waals surface area contributed by atoms with Crippen molar-refractivity contribution in [2.75, 3.05) is 19.6 Å². The monoisotopic (exact) mass is 467 g/mol. The summed E-state index contributed by atoms with van der Waals surface area (Å²) in [5, 5.41) is 5.89. The third kappa shape index (κ3) is 5.66. The maximum atomic E-state index is 13.5. The van der Waals surface area contributed by atoms with E-state index in [4.69, 9.17) is 0 Å². The van der Waals surface area contributed by atoms with Crippen molar-refractivity contribution in [3.05, 3.63) is 53.6 Å². The molecule has 2 heterocycles. The molecule has 0 saturated heterocycles. The van der Waals surface area contributed by atoms with Gasteiger partial charge in [0.15, 0.2) is 5.69 Å². The van der Waals surface area contributed by atoms with Gasteiger partial charge in [-0.2, -0.15) is 0 Å². The minimum Gasteiger partial charge on any atom is -0.354 e. The highest BCUT2D eigenvalue weighted by atomic mass is 16.2. The number of carbonyl (C=O) groups is 3. The van der Waals surface area contributed by atoms with Crippen LogP contribution in [0.1, 0.15) is 73.5 Å². The zero-order valence-electron chi connectivity index (χ0n) is 20.8. The number of imidazole rings is 1. The fourth-order valence-corrected chi connectivity index (χ4v) is 4.32. The molecule has 2 N–H and O–H groups in total. The standard InChI is InChI=1S/C26H37N5O3/c1-5-16-31-24(33)22-21(23(32)27-14-9-12-20-10-7-6-8-11-20)29-18-30(22)17-26(31,4)25(34)28-15-13-19(2)3/h6-8,10-11,18-19H,5,9,12-17H2,1-4H3,(H,27,32)(H,28,34)/t26-/m0/s1. The second-order valence-corrected chi connectivity index (χ2v) is 9.58. The van der Waals surface area contributed by atoms with Gasteiger partial charge in [-0.05, 0) is 44.1 Å². The maximum absolute atomic E-state index is 13.5. The molecule has 184 valence electrons. The molecule has 34 heavy (non-hydrogen) atoms. The first-order valence-corrected chi connectivity index (χ1v) is 12.3. The number of nitrogens with zero attached hydrogens (tertiary/aromatic N) is 3. The van der Waals surface area contributed by atoms with E-state index in [0.29, 0.717) is 32.0 Å². The number of aromatic nitrogens is 2. The van der Waals surface area contributed by atoms with E-state index in [9.17, 15) is 14.4 Å². The lowest BCUT2D eigenvalue weighted by Gasteiger charge is -2.43. The number of benzene rings is 1. The molecule has 1 atom stereocenters. The highest BCUT2D eigenvalue weighted by Gasteiger charge is 2.48. The van der Waals surface area contributed by atoms with Crippen molar-refractivity contribution in [1.29, 1.82) is 0 Å². The van der Waals surface area contributed by atoms with Crippen LogP contribution in [0.2, 0.25) is 0 Å². The zero-order chi connectivity index (χ0) is 24.7. The summed E-state index contributed by atoms with van der Waals surface area (Å²) in [4.78, 5) is 45.4. The Morgan fingerprint density at radius 3 is 2.56 bits per heavy atom. The van der Waals surface area contributed by atoms with E-state index >= 15 is 0 Å². The average Bonchev–Trinajstić information content (AvgIpc) is 3.23. The maximum Gasteiger partial charge on any atom is 0.273 e. The molecule has 0 saturated carbocycles. The minimum atomic E-state index is -1.04. The Labute approximate surface area is 202 Å². The Morgan fingerprint density at radius 2 is 1.88 bits per heavy atom. The van der Waals surface area contributed by atoms with Crippen LogP contribution in [0.5, 0.6) is 0 Å². The van der Waals surface area contributed by atoms with Gasteiger partial charge in [0.05, 0.1) is 12.9 Å². The Hall–Kier alpha value is -3.16. The van der Waals surface area contributed by atoms with E-state index in [2.05, 4.69) is 41.6 Å². The van der Waals surface area contributed by atoms with Crippen LogP contribution in [0.15, 0.2) is 36.7 Å². The first-order chi connectivity index (χ1) is 16.3. The summed E-state index contributed by atoms with van der Waals surface area (Å²) in [7, 11) is 0. The first kappa shape index (κ1) is 25.5. The van der Waals surface area contributed by atoms with Crippen LogP contribution < -0.4 is 10.6 Å². The largest absolute Gasteiger partial charge is 0.354 e. The van der Waals surface area contributed by atoms with Crippen molar-refractivity contribution in [3.8, 4) is 0 Å². The normalized spacial score (nSPS) is 17.6. The van der Waals surface area contributed by atoms with E-state index in [1.165, 1.54) is 11.9 Å². The SMILES string of the molecule is CCCN1C(=O)c2c(C(=O)NCCCc3ccccc3)ncn2C[C@@]1(C)C(=O)NCCC(C)C. The van der Waals surface area contributed by atoms with Crippen LogP contribution >= 0.6 is 0 Å². The van der Waals surface area contributed by atoms with Gasteiger partial charge in [-0.15, -0.1) is 0 Å². The summed E-state index contributed by atoms with van der Waals surface area (Å²) in [5.41, 5.74) is 0.545. The smallest absolute Gasteiger partial charge is 0.273 e. The molecule has 1 aliphatic rings. The first-order valence-electron chi connectivity index (χ1n) is 12.3. The fourth-order valence-electron chi connectivity index (χ4n) is 4.32. The molecule has 0 aliphatic carbocycles. The predicted molar refractivity (Wildman–Crippen MR) is 132 cm³/mol. The summed E-state index contributed by atoms with van der Waals surface area (Å²) in [5.74, 6) is -0.402. The Morgan fingerprint density at radius 1 is 1.15 bits per heavy atom. The summed E-state index contributed by atoms with van der Waals surface area (Å²) >= 11 is 0. The van der Waals surface area contributed by atoms with Crippen molar-refractivity contribution in [2.24, 2.45) is 5.92 Å². The summed E-state index contributed by atoms with van der Waals surface area (Å²) in [6.45, 7) is 9.71. The third-order valence-electron chi connectivity index (χ3n) is 6.29. The molecular formula is C26H37N5O3. The second kappa shape index (κ2) is 11.3. The summed E-state index contributed by atoms with van der Waals surface area (Å²) in [6, 6.07) is 10.1. The lowest BCUT2D eigenvalue weighted by molar-refractivity contribution is -0.132. The molecule has 1 aromatic heterocycles. The third-order valence-corrected chi connectivity index (χ3v) is 6.29. The molecule has 1 aliphatic heterocycles. The lowest BCUT2D eigenvalue weighted by atomic mass is 9.93. The molecule has 0 spiro atoms. The summed E-state index contributed by atoms with van der Waals surface area (Å²) in [6.07, 6.45) is 4.71. The van der Waals surface area contributed by atoms with Gasteiger partial charge >= 0.3 is 0 Å². The van der Waals surface area contributed by atoms with E-state index < -0.39 is 5.54 Å². The van der Waals surface area contributed by atoms with Crippen LogP contribution in [0.3, 0.4) is 0 Å². The Bertz CT molecular complexity index is 1000. The molecule has 0 radical (unpaired) electrons. The number of amides is 3. The Kier molecular flexibility index (Phi) is 8.47. The number of nitrogens with one attached hydrogen (secondary N) is 2. The van der Waals surface area contributed by atoms with Gasteiger partial charge < -0.3 is 20.1 Å². The van der Waals surface area contributed by atoms with Gasteiger partial charge in [0.1, 0.15) is 11.2 Å². The van der Waals surface area contributed by atoms with E-state index in [1.807, 2.05) is 25.1 Å². The number of rotatable bonds is 11. The molecule has 8 nitrogen and oxygen atoms in total. The number of hydrogen-bond acceptors (Lipinski definition) is 4. The second-order valence-electron chi connectivity index (χ2n) is 9.58. The Balaban J connectivity index is 1.71. The van der Waals surface area contributed by atoms with Crippen LogP contribution in [-0.2, 0) is 17.8 Å². The molecule has 2 aromatic rings. The fraction of sp³-hybridized carbons (Fsp3) is 0.538. The van der Waals surface area contributed by atoms with Gasteiger partial charge in [-0.1, -0.05) is 51.1 Å². The highest BCUT2D eigenvalue weighted by Crippen LogP contribution is 2.29. The van der Waals surface area contributed by atoms with Crippen LogP contribution in [0.25, 0.3) is 0 Å². The van der Waals surface area contributed by atoms with Crippen molar-refractivity contribution < 1.29 is 14.4 Å². The van der Waals surface area contributed by atoms with Crippen molar-refractivity contribution >= 4 is 17.7 Å². The lowest BCUT2D eigenvalue weighted by Crippen LogP contribution is -2.64. The van der Waals surface area contributed by atoms with Gasteiger partial charge in [0.25, 0.3) is 11.8 Å². The van der Waals surface area contributed by atoms with E-state index in [0.717, 1.165) is 19.3 Å². The van der Waals surface area contributed by atoms with Crippen LogP contribution in [-0.4, -0.2) is 57.3 Å². The molecule has 3 amide bonds. The molecule has 8 heteroatoms. The van der Waals surface area contributed by atoms with Gasteiger partial charge in [0.2, 0.25) is 5.91 Å². The molecular weight excluding hydrogens is 430 g/mol. The molecule has 3 rings (SSSR count). The molecule has 1 aromatic carbocycles. The van der Waals surface area contributed by atoms with E-state index in [1.54, 1.807) is 16.4 Å². The van der Waals surface area contributed by atoms with Crippen LogP contribution in [0.4, 0.5) is 0 Å². The van der Waals surface area contributed by atoms with Gasteiger partial charge in [0, 0.05) is 19.6 Å². The number of hydrogen-bond donors (Lipinski definition) is 2. The van der Waals surface area contributed by atoms with Gasteiger partial charge in [-0.25, -0.2) is 4.98 Å². The van der Waals surface area contributed by atoms with Crippen molar-refractivity contribution in [1.82, 2.24) is 25.1 Å². The molecule has 0 fully saturated rings. The number of fused-ring (bicyclic) bond motifs is 1. The highest BCUT2D eigenvalue weighted by molar-refractivity contribution is 6.07. The topological polar surface area (TPSA) is 96.3 Å². The quantitative estimate of drug-likeness (QED) is 0.497. The average molecular weight is 468 g/mol.